The third kappa shape index (κ3) is 3.53. The van der Waals surface area contributed by atoms with Gasteiger partial charge in [0.1, 0.15) is 0 Å². The van der Waals surface area contributed by atoms with Crippen LogP contribution in [0.4, 0.5) is 14.5 Å². The van der Waals surface area contributed by atoms with E-state index < -0.39 is 6.55 Å². The van der Waals surface area contributed by atoms with Crippen molar-refractivity contribution in [2.24, 2.45) is 5.92 Å². The summed E-state index contributed by atoms with van der Waals surface area (Å²) in [4.78, 5) is 16.7. The van der Waals surface area contributed by atoms with Crippen molar-refractivity contribution in [3.8, 4) is 11.3 Å². The third-order valence-electron chi connectivity index (χ3n) is 4.46. The van der Waals surface area contributed by atoms with E-state index in [0.29, 0.717) is 28.8 Å². The molecule has 3 heterocycles. The second-order valence-corrected chi connectivity index (χ2v) is 6.14. The number of carbonyl (C=O) groups excluding carboxylic acids is 1. The Balaban J connectivity index is 2.15. The number of rotatable bonds is 2. The van der Waals surface area contributed by atoms with Crippen LogP contribution in [-0.2, 0) is 9.53 Å². The second kappa shape index (κ2) is 7.26. The summed E-state index contributed by atoms with van der Waals surface area (Å²) in [6.45, 7) is -1.00. The molecule has 8 heteroatoms. The number of pyridine rings is 1. The molecule has 2 aromatic heterocycles. The largest absolute Gasteiger partial charge is 0.375 e. The Hall–Kier alpha value is -2.35. The van der Waals surface area contributed by atoms with E-state index in [1.54, 1.807) is 25.4 Å². The zero-order valence-electron chi connectivity index (χ0n) is 14.1. The van der Waals surface area contributed by atoms with E-state index in [-0.39, 0.29) is 29.3 Å². The number of nitrogens with zero attached hydrogens (tertiary/aromatic N) is 3. The summed E-state index contributed by atoms with van der Waals surface area (Å²) in [5, 5.41) is 6.47. The zero-order valence-corrected chi connectivity index (χ0v) is 14.1. The van der Waals surface area contributed by atoms with Gasteiger partial charge in [0.05, 0.1) is 29.4 Å². The third-order valence-corrected chi connectivity index (χ3v) is 4.46. The van der Waals surface area contributed by atoms with Crippen molar-refractivity contribution in [1.82, 2.24) is 14.8 Å². The van der Waals surface area contributed by atoms with Gasteiger partial charge in [-0.2, -0.15) is 13.9 Å². The summed E-state index contributed by atoms with van der Waals surface area (Å²) >= 11 is 0. The van der Waals surface area contributed by atoms with Crippen molar-refractivity contribution in [2.75, 3.05) is 12.4 Å². The maximum Gasteiger partial charge on any atom is 0.333 e. The van der Waals surface area contributed by atoms with Gasteiger partial charge in [-0.05, 0) is 31.4 Å². The molecule has 1 amide bonds. The topological polar surface area (TPSA) is 69.0 Å². The van der Waals surface area contributed by atoms with Crippen LogP contribution >= 0.6 is 0 Å². The van der Waals surface area contributed by atoms with Crippen LogP contribution in [0.25, 0.3) is 11.3 Å². The van der Waals surface area contributed by atoms with E-state index in [2.05, 4.69) is 15.4 Å². The molecule has 1 aliphatic rings. The molecule has 2 aromatic rings. The minimum atomic E-state index is -2.82. The second-order valence-electron chi connectivity index (χ2n) is 6.14. The van der Waals surface area contributed by atoms with Gasteiger partial charge in [-0.25, -0.2) is 4.68 Å². The van der Waals surface area contributed by atoms with E-state index in [0.717, 1.165) is 6.42 Å². The molecule has 0 aliphatic carbocycles. The highest BCUT2D eigenvalue weighted by molar-refractivity contribution is 5.95. The lowest BCUT2D eigenvalue weighted by Crippen LogP contribution is -2.21. The summed E-state index contributed by atoms with van der Waals surface area (Å²) in [7, 11) is 1.59. The number of alkyl halides is 2. The molecule has 0 fully saturated rings. The minimum absolute atomic E-state index is 0.162. The molecule has 134 valence electrons. The van der Waals surface area contributed by atoms with Crippen molar-refractivity contribution >= 4 is 11.6 Å². The summed E-state index contributed by atoms with van der Waals surface area (Å²) in [6, 6.07) is 3.34. The van der Waals surface area contributed by atoms with Crippen molar-refractivity contribution in [2.45, 2.75) is 38.8 Å². The average molecular weight is 350 g/mol. The number of methoxy groups -OCH3 is 1. The molecular weight excluding hydrogens is 330 g/mol. The van der Waals surface area contributed by atoms with Gasteiger partial charge >= 0.3 is 6.55 Å². The first-order valence-corrected chi connectivity index (χ1v) is 8.17. The number of amides is 1. The molecule has 0 aromatic carbocycles. The Kier molecular flexibility index (Phi) is 5.08. The maximum absolute atomic E-state index is 13.4. The number of aromatic nitrogens is 3. The van der Waals surface area contributed by atoms with Gasteiger partial charge in [0.2, 0.25) is 5.91 Å². The van der Waals surface area contributed by atoms with Crippen LogP contribution in [0.2, 0.25) is 0 Å². The lowest BCUT2D eigenvalue weighted by Gasteiger charge is -2.19. The van der Waals surface area contributed by atoms with Crippen molar-refractivity contribution < 1.29 is 18.3 Å². The highest BCUT2D eigenvalue weighted by Gasteiger charge is 2.24. The molecule has 2 unspecified atom stereocenters. The van der Waals surface area contributed by atoms with Gasteiger partial charge in [0.25, 0.3) is 0 Å². The normalized spacial score (nSPS) is 21.2. The van der Waals surface area contributed by atoms with E-state index in [9.17, 15) is 13.6 Å². The summed E-state index contributed by atoms with van der Waals surface area (Å²) < 4.78 is 32.9. The van der Waals surface area contributed by atoms with Crippen LogP contribution in [-0.4, -0.2) is 27.8 Å². The molecule has 0 saturated carbocycles. The van der Waals surface area contributed by atoms with Crippen molar-refractivity contribution in [1.29, 1.82) is 0 Å². The van der Waals surface area contributed by atoms with E-state index in [4.69, 9.17) is 4.74 Å². The standard InChI is InChI=1S/C17H20F2N4O2/c1-10-4-3-5-14(25-2)12-8-11(6-7-20-12)15-13(22-16(10)24)9-21-23(15)17(18)19/h6-10,14,17H,3-5H2,1-2H3,(H,22,24). The Morgan fingerprint density at radius 3 is 2.92 bits per heavy atom. The maximum atomic E-state index is 13.4. The quantitative estimate of drug-likeness (QED) is 0.895. The molecule has 25 heavy (non-hydrogen) atoms. The highest BCUT2D eigenvalue weighted by Crippen LogP contribution is 2.34. The number of anilines is 1. The van der Waals surface area contributed by atoms with Gasteiger partial charge in [-0.3, -0.25) is 9.78 Å². The number of carbonyl (C=O) groups is 1. The summed E-state index contributed by atoms with van der Waals surface area (Å²) in [6.07, 6.45) is 4.73. The predicted octanol–water partition coefficient (Wildman–Crippen LogP) is 3.79. The molecule has 1 aliphatic heterocycles. The first-order chi connectivity index (χ1) is 12.0. The summed E-state index contributed by atoms with van der Waals surface area (Å²) in [5.41, 5.74) is 1.61. The number of hydrogen-bond acceptors (Lipinski definition) is 4. The van der Waals surface area contributed by atoms with Crippen LogP contribution in [0.5, 0.6) is 0 Å². The Morgan fingerprint density at radius 1 is 1.40 bits per heavy atom. The fourth-order valence-corrected chi connectivity index (χ4v) is 3.04. The molecule has 2 atom stereocenters. The van der Waals surface area contributed by atoms with Crippen LogP contribution in [0.1, 0.15) is 44.5 Å². The van der Waals surface area contributed by atoms with Gasteiger partial charge < -0.3 is 10.1 Å². The van der Waals surface area contributed by atoms with Crippen LogP contribution in [0.3, 0.4) is 0 Å². The molecule has 0 saturated heterocycles. The Labute approximate surface area is 144 Å². The number of ether oxygens (including phenoxy) is 1. The molecule has 3 rings (SSSR count). The molecule has 0 spiro atoms. The Morgan fingerprint density at radius 2 is 2.20 bits per heavy atom. The smallest absolute Gasteiger partial charge is 0.333 e. The van der Waals surface area contributed by atoms with E-state index in [1.165, 1.54) is 6.20 Å². The first-order valence-electron chi connectivity index (χ1n) is 8.17. The van der Waals surface area contributed by atoms with Crippen LogP contribution in [0, 0.1) is 5.92 Å². The lowest BCUT2D eigenvalue weighted by atomic mass is 9.98. The van der Waals surface area contributed by atoms with Crippen molar-refractivity contribution in [3.63, 3.8) is 0 Å². The summed E-state index contributed by atoms with van der Waals surface area (Å²) in [5.74, 6) is -0.454. The van der Waals surface area contributed by atoms with Crippen LogP contribution < -0.4 is 5.32 Å². The molecule has 0 radical (unpaired) electrons. The van der Waals surface area contributed by atoms with Gasteiger partial charge in [0.15, 0.2) is 0 Å². The first kappa shape index (κ1) is 17.5. The molecule has 6 nitrogen and oxygen atoms in total. The predicted molar refractivity (Wildman–Crippen MR) is 88.1 cm³/mol. The van der Waals surface area contributed by atoms with Gasteiger partial charge in [-0.1, -0.05) is 6.92 Å². The molecule has 1 N–H and O–H groups in total. The highest BCUT2D eigenvalue weighted by atomic mass is 19.3. The van der Waals surface area contributed by atoms with Gasteiger partial charge in [0, 0.05) is 24.8 Å². The number of nitrogens with one attached hydrogen (secondary N) is 1. The number of hydrogen-bond donors (Lipinski definition) is 1. The van der Waals surface area contributed by atoms with E-state index >= 15 is 0 Å². The lowest BCUT2D eigenvalue weighted by molar-refractivity contribution is -0.119. The van der Waals surface area contributed by atoms with Crippen LogP contribution in [0.15, 0.2) is 24.5 Å². The SMILES string of the molecule is COC1CCCC(C)C(=O)Nc2cnn(C(F)F)c2-c2ccnc1c2. The Bertz CT molecular complexity index is 763. The fourth-order valence-electron chi connectivity index (χ4n) is 3.04. The molecule has 2 bridgehead atoms. The number of halogens is 2. The fraction of sp³-hybridized carbons (Fsp3) is 0.471. The van der Waals surface area contributed by atoms with Gasteiger partial charge in [-0.15, -0.1) is 0 Å². The molecular formula is C17H20F2N4O2. The van der Waals surface area contributed by atoms with Crippen molar-refractivity contribution in [3.05, 3.63) is 30.2 Å². The minimum Gasteiger partial charge on any atom is -0.375 e. The number of fused-ring (bicyclic) bond motifs is 4. The van der Waals surface area contributed by atoms with E-state index in [1.807, 2.05) is 6.92 Å². The average Bonchev–Trinajstić information content (AvgIpc) is 3.01. The zero-order chi connectivity index (χ0) is 18.0. The monoisotopic (exact) mass is 350 g/mol.